The van der Waals surface area contributed by atoms with Gasteiger partial charge in [0.15, 0.2) is 6.73 Å². The highest BCUT2D eigenvalue weighted by Crippen LogP contribution is 2.34. The molecule has 0 bridgehead atoms. The van der Waals surface area contributed by atoms with Gasteiger partial charge in [-0.25, -0.2) is 9.78 Å². The Morgan fingerprint density at radius 2 is 1.79 bits per heavy atom. The number of hydrogen-bond donors (Lipinski definition) is 1. The van der Waals surface area contributed by atoms with Crippen LogP contribution >= 0.6 is 11.6 Å². The fraction of sp³-hybridized carbons (Fsp3) is 0.357. The molecule has 10 nitrogen and oxygen atoms in total. The summed E-state index contributed by atoms with van der Waals surface area (Å²) in [5.41, 5.74) is 3.10. The standard InChI is InChI=1S/C28H31ClN6O4/c1-18-6-5-7-22(29)23(18)35-17-38-24-21(25(35)36)16-30-26(32-24)31-19-8-10-20(11-9-19)33-12-14-34(15-13-33)27(37)39-28(2,3)4/h5-11,16H,12-15,17H2,1-4H3,(H,30,31,32). The molecule has 11 heteroatoms. The zero-order chi connectivity index (χ0) is 27.7. The van der Waals surface area contributed by atoms with Crippen LogP contribution < -0.4 is 19.9 Å². The first kappa shape index (κ1) is 26.6. The lowest BCUT2D eigenvalue weighted by Crippen LogP contribution is -2.50. The van der Waals surface area contributed by atoms with Gasteiger partial charge in [0.25, 0.3) is 5.91 Å². The van der Waals surface area contributed by atoms with Crippen molar-refractivity contribution in [3.05, 3.63) is 64.8 Å². The highest BCUT2D eigenvalue weighted by atomic mass is 35.5. The molecule has 2 aliphatic heterocycles. The number of hydrogen-bond acceptors (Lipinski definition) is 8. The monoisotopic (exact) mass is 550 g/mol. The maximum atomic E-state index is 13.2. The van der Waals surface area contributed by atoms with Crippen molar-refractivity contribution >= 4 is 46.6 Å². The third-order valence-corrected chi connectivity index (χ3v) is 6.74. The highest BCUT2D eigenvalue weighted by Gasteiger charge is 2.31. The Morgan fingerprint density at radius 1 is 1.08 bits per heavy atom. The van der Waals surface area contributed by atoms with E-state index in [2.05, 4.69) is 20.2 Å². The first-order valence-corrected chi connectivity index (χ1v) is 13.1. The third kappa shape index (κ3) is 5.85. The number of aromatic nitrogens is 2. The first-order valence-electron chi connectivity index (χ1n) is 12.8. The van der Waals surface area contributed by atoms with Gasteiger partial charge in [-0.15, -0.1) is 0 Å². The lowest BCUT2D eigenvalue weighted by atomic mass is 10.1. The van der Waals surface area contributed by atoms with Crippen LogP contribution in [0, 0.1) is 6.92 Å². The Balaban J connectivity index is 1.21. The number of carbonyl (C=O) groups excluding carboxylic acids is 2. The van der Waals surface area contributed by atoms with Gasteiger partial charge in [-0.3, -0.25) is 9.69 Å². The van der Waals surface area contributed by atoms with Gasteiger partial charge in [0.1, 0.15) is 11.2 Å². The van der Waals surface area contributed by atoms with E-state index >= 15 is 0 Å². The number of amides is 2. The molecule has 0 spiro atoms. The number of anilines is 4. The molecule has 1 N–H and O–H groups in total. The molecule has 1 saturated heterocycles. The molecular weight excluding hydrogens is 520 g/mol. The van der Waals surface area contributed by atoms with Crippen molar-refractivity contribution in [2.75, 3.05) is 48.0 Å². The van der Waals surface area contributed by atoms with E-state index in [0.29, 0.717) is 29.7 Å². The summed E-state index contributed by atoms with van der Waals surface area (Å²) in [7, 11) is 0. The summed E-state index contributed by atoms with van der Waals surface area (Å²) in [6.07, 6.45) is 1.19. The van der Waals surface area contributed by atoms with Gasteiger partial charge in [0, 0.05) is 43.8 Å². The molecule has 3 heterocycles. The zero-order valence-corrected chi connectivity index (χ0v) is 23.2. The van der Waals surface area contributed by atoms with Gasteiger partial charge in [-0.2, -0.15) is 4.98 Å². The topological polar surface area (TPSA) is 100 Å². The molecule has 39 heavy (non-hydrogen) atoms. The van der Waals surface area contributed by atoms with Crippen LogP contribution in [-0.4, -0.2) is 65.4 Å². The number of aryl methyl sites for hydroxylation is 1. The zero-order valence-electron chi connectivity index (χ0n) is 22.4. The Bertz CT molecular complexity index is 1360. The number of nitrogens with zero attached hydrogens (tertiary/aromatic N) is 5. The van der Waals surface area contributed by atoms with Crippen LogP contribution in [0.2, 0.25) is 5.02 Å². The number of piperazine rings is 1. The van der Waals surface area contributed by atoms with E-state index in [1.165, 1.54) is 11.1 Å². The third-order valence-electron chi connectivity index (χ3n) is 6.44. The molecule has 5 rings (SSSR count). The SMILES string of the molecule is Cc1cccc(Cl)c1N1COc2nc(Nc3ccc(N4CCN(C(=O)OC(C)(C)C)CC4)cc3)ncc2C1=O. The Hall–Kier alpha value is -4.05. The van der Waals surface area contributed by atoms with E-state index in [9.17, 15) is 9.59 Å². The van der Waals surface area contributed by atoms with E-state index in [4.69, 9.17) is 21.1 Å². The maximum absolute atomic E-state index is 13.2. The second-order valence-electron chi connectivity index (χ2n) is 10.5. The molecule has 2 aliphatic rings. The fourth-order valence-electron chi connectivity index (χ4n) is 4.50. The van der Waals surface area contributed by atoms with Crippen molar-refractivity contribution in [1.82, 2.24) is 14.9 Å². The van der Waals surface area contributed by atoms with Crippen molar-refractivity contribution < 1.29 is 19.1 Å². The number of benzene rings is 2. The summed E-state index contributed by atoms with van der Waals surface area (Å²) < 4.78 is 11.3. The summed E-state index contributed by atoms with van der Waals surface area (Å²) in [6, 6.07) is 13.4. The van der Waals surface area contributed by atoms with Crippen LogP contribution in [0.4, 0.5) is 27.8 Å². The Morgan fingerprint density at radius 3 is 2.46 bits per heavy atom. The predicted octanol–water partition coefficient (Wildman–Crippen LogP) is 5.24. The van der Waals surface area contributed by atoms with Gasteiger partial charge in [-0.1, -0.05) is 23.7 Å². The molecule has 2 aromatic carbocycles. The van der Waals surface area contributed by atoms with Crippen molar-refractivity contribution in [3.8, 4) is 5.88 Å². The summed E-state index contributed by atoms with van der Waals surface area (Å²) in [5.74, 6) is 0.274. The van der Waals surface area contributed by atoms with Crippen molar-refractivity contribution in [1.29, 1.82) is 0 Å². The number of halogens is 1. The minimum atomic E-state index is -0.504. The van der Waals surface area contributed by atoms with Crippen LogP contribution in [0.5, 0.6) is 5.88 Å². The Kier molecular flexibility index (Phi) is 7.22. The second-order valence-corrected chi connectivity index (χ2v) is 10.9. The van der Waals surface area contributed by atoms with E-state index in [1.807, 2.05) is 64.1 Å². The van der Waals surface area contributed by atoms with E-state index in [-0.39, 0.29) is 30.2 Å². The van der Waals surface area contributed by atoms with E-state index < -0.39 is 5.60 Å². The smallest absolute Gasteiger partial charge is 0.410 e. The quantitative estimate of drug-likeness (QED) is 0.471. The maximum Gasteiger partial charge on any atom is 0.410 e. The minimum Gasteiger partial charge on any atom is -0.455 e. The molecule has 0 saturated carbocycles. The van der Waals surface area contributed by atoms with Crippen LogP contribution in [0.1, 0.15) is 36.7 Å². The van der Waals surface area contributed by atoms with Crippen LogP contribution in [0.15, 0.2) is 48.7 Å². The molecule has 2 amide bonds. The van der Waals surface area contributed by atoms with Crippen LogP contribution in [0.25, 0.3) is 0 Å². The molecule has 1 fully saturated rings. The van der Waals surface area contributed by atoms with E-state index in [0.717, 1.165) is 30.0 Å². The van der Waals surface area contributed by atoms with Crippen molar-refractivity contribution in [2.45, 2.75) is 33.3 Å². The van der Waals surface area contributed by atoms with Gasteiger partial charge in [0.05, 0.1) is 10.7 Å². The first-order chi connectivity index (χ1) is 18.6. The number of nitrogens with one attached hydrogen (secondary N) is 1. The average Bonchev–Trinajstić information content (AvgIpc) is 2.89. The summed E-state index contributed by atoms with van der Waals surface area (Å²) >= 11 is 6.36. The van der Waals surface area contributed by atoms with Crippen LogP contribution in [-0.2, 0) is 4.74 Å². The average molecular weight is 551 g/mol. The highest BCUT2D eigenvalue weighted by molar-refractivity contribution is 6.34. The minimum absolute atomic E-state index is 0.00273. The van der Waals surface area contributed by atoms with Gasteiger partial charge in [0.2, 0.25) is 11.8 Å². The molecule has 0 unspecified atom stereocenters. The summed E-state index contributed by atoms with van der Waals surface area (Å²) in [5, 5.41) is 3.64. The number of para-hydroxylation sites is 1. The van der Waals surface area contributed by atoms with Crippen molar-refractivity contribution in [2.24, 2.45) is 0 Å². The molecule has 1 aromatic heterocycles. The number of fused-ring (bicyclic) bond motifs is 1. The Labute approximate surface area is 232 Å². The molecule has 3 aromatic rings. The number of ether oxygens (including phenoxy) is 2. The number of carbonyl (C=O) groups is 2. The largest absolute Gasteiger partial charge is 0.455 e. The summed E-state index contributed by atoms with van der Waals surface area (Å²) in [6.45, 7) is 10.1. The van der Waals surface area contributed by atoms with Gasteiger partial charge >= 0.3 is 6.09 Å². The van der Waals surface area contributed by atoms with Gasteiger partial charge < -0.3 is 24.6 Å². The molecule has 0 atom stereocenters. The lowest BCUT2D eigenvalue weighted by molar-refractivity contribution is 0.0240. The molecule has 0 aliphatic carbocycles. The molecular formula is C28H31ClN6O4. The lowest BCUT2D eigenvalue weighted by Gasteiger charge is -2.36. The van der Waals surface area contributed by atoms with Gasteiger partial charge in [-0.05, 0) is 63.6 Å². The predicted molar refractivity (Wildman–Crippen MR) is 150 cm³/mol. The molecule has 204 valence electrons. The molecule has 0 radical (unpaired) electrons. The van der Waals surface area contributed by atoms with Crippen LogP contribution in [0.3, 0.4) is 0 Å². The normalized spacial score (nSPS) is 15.5. The second kappa shape index (κ2) is 10.6. The fourth-order valence-corrected chi connectivity index (χ4v) is 4.83. The van der Waals surface area contributed by atoms with Crippen molar-refractivity contribution in [3.63, 3.8) is 0 Å². The summed E-state index contributed by atoms with van der Waals surface area (Å²) in [4.78, 5) is 39.7. The number of rotatable bonds is 4. The van der Waals surface area contributed by atoms with E-state index in [1.54, 1.807) is 11.0 Å².